The number of hydrogen-bond acceptors (Lipinski definition) is 4. The average Bonchev–Trinajstić information content (AvgIpc) is 3.10. The van der Waals surface area contributed by atoms with Crippen molar-refractivity contribution in [2.45, 2.75) is 26.3 Å². The molecule has 1 aromatic carbocycles. The molecular weight excluding hydrogens is 302 g/mol. The second-order valence-electron chi connectivity index (χ2n) is 5.70. The molecule has 1 unspecified atom stereocenters. The van der Waals surface area contributed by atoms with Crippen LogP contribution in [0.25, 0.3) is 0 Å². The summed E-state index contributed by atoms with van der Waals surface area (Å²) in [5, 5.41) is 6.83. The quantitative estimate of drug-likeness (QED) is 0.781. The number of amides is 1. The van der Waals surface area contributed by atoms with Gasteiger partial charge in [-0.05, 0) is 24.6 Å². The van der Waals surface area contributed by atoms with Crippen molar-refractivity contribution in [2.75, 3.05) is 0 Å². The summed E-state index contributed by atoms with van der Waals surface area (Å²) >= 11 is 0. The van der Waals surface area contributed by atoms with Crippen LogP contribution in [0.2, 0.25) is 0 Å². The molecule has 0 aliphatic heterocycles. The van der Waals surface area contributed by atoms with Gasteiger partial charge in [-0.25, -0.2) is 0 Å². The predicted molar refractivity (Wildman–Crippen MR) is 90.6 cm³/mol. The Morgan fingerprint density at radius 1 is 1.17 bits per heavy atom. The minimum Gasteiger partial charge on any atom is -0.351 e. The van der Waals surface area contributed by atoms with Crippen molar-refractivity contribution < 1.29 is 9.32 Å². The lowest BCUT2D eigenvalue weighted by Crippen LogP contribution is -2.22. The van der Waals surface area contributed by atoms with E-state index in [-0.39, 0.29) is 17.6 Å². The molecular formula is C19H19N3O2. The first kappa shape index (κ1) is 15.9. The average molecular weight is 321 g/mol. The van der Waals surface area contributed by atoms with Gasteiger partial charge in [0.05, 0.1) is 17.9 Å². The van der Waals surface area contributed by atoms with E-state index in [1.807, 2.05) is 62.4 Å². The highest BCUT2D eigenvalue weighted by Crippen LogP contribution is 2.23. The number of hydrogen-bond donors (Lipinski definition) is 1. The number of benzene rings is 1. The standard InChI is InChI=1S/C19H19N3O2/c1-13-7-6-10-16(21-13)12-20-19(23)18-11-17(22-24-18)14(2)15-8-4-3-5-9-15/h3-11,14H,12H2,1-2H3,(H,20,23). The summed E-state index contributed by atoms with van der Waals surface area (Å²) in [4.78, 5) is 16.6. The molecule has 1 atom stereocenters. The van der Waals surface area contributed by atoms with Crippen molar-refractivity contribution in [3.63, 3.8) is 0 Å². The molecule has 122 valence electrons. The predicted octanol–water partition coefficient (Wildman–Crippen LogP) is 3.46. The van der Waals surface area contributed by atoms with Crippen LogP contribution in [0.1, 0.15) is 46.0 Å². The van der Waals surface area contributed by atoms with Crippen LogP contribution >= 0.6 is 0 Å². The van der Waals surface area contributed by atoms with Crippen LogP contribution in [0.4, 0.5) is 0 Å². The summed E-state index contributed by atoms with van der Waals surface area (Å²) < 4.78 is 5.20. The number of carbonyl (C=O) groups is 1. The van der Waals surface area contributed by atoms with Crippen LogP contribution in [-0.4, -0.2) is 16.0 Å². The van der Waals surface area contributed by atoms with Gasteiger partial charge in [0.15, 0.2) is 0 Å². The molecule has 5 heteroatoms. The molecule has 0 spiro atoms. The zero-order chi connectivity index (χ0) is 16.9. The highest BCUT2D eigenvalue weighted by molar-refractivity contribution is 5.91. The molecule has 24 heavy (non-hydrogen) atoms. The molecule has 0 bridgehead atoms. The first-order chi connectivity index (χ1) is 11.6. The Labute approximate surface area is 140 Å². The minimum absolute atomic E-state index is 0.0648. The molecule has 0 saturated heterocycles. The summed E-state index contributed by atoms with van der Waals surface area (Å²) in [7, 11) is 0. The lowest BCUT2D eigenvalue weighted by molar-refractivity contribution is 0.0913. The van der Waals surface area contributed by atoms with E-state index in [0.29, 0.717) is 6.54 Å². The summed E-state index contributed by atoms with van der Waals surface area (Å²) in [5.41, 5.74) is 3.59. The third-order valence-electron chi connectivity index (χ3n) is 3.87. The van der Waals surface area contributed by atoms with E-state index in [0.717, 1.165) is 22.6 Å². The van der Waals surface area contributed by atoms with Gasteiger partial charge in [-0.3, -0.25) is 9.78 Å². The van der Waals surface area contributed by atoms with Gasteiger partial charge in [0.1, 0.15) is 0 Å². The van der Waals surface area contributed by atoms with Crippen LogP contribution in [-0.2, 0) is 6.54 Å². The second-order valence-corrected chi connectivity index (χ2v) is 5.70. The van der Waals surface area contributed by atoms with Gasteiger partial charge < -0.3 is 9.84 Å². The molecule has 0 radical (unpaired) electrons. The van der Waals surface area contributed by atoms with Crippen LogP contribution in [0.5, 0.6) is 0 Å². The van der Waals surface area contributed by atoms with Gasteiger partial charge in [0.2, 0.25) is 5.76 Å². The van der Waals surface area contributed by atoms with E-state index < -0.39 is 0 Å². The number of aromatic nitrogens is 2. The highest BCUT2D eigenvalue weighted by atomic mass is 16.5. The maximum atomic E-state index is 12.2. The molecule has 0 aliphatic rings. The Morgan fingerprint density at radius 3 is 2.71 bits per heavy atom. The van der Waals surface area contributed by atoms with Gasteiger partial charge in [0, 0.05) is 17.7 Å². The number of rotatable bonds is 5. The van der Waals surface area contributed by atoms with Crippen molar-refractivity contribution in [1.82, 2.24) is 15.5 Å². The summed E-state index contributed by atoms with van der Waals surface area (Å²) in [6.07, 6.45) is 0. The molecule has 1 amide bonds. The number of carbonyl (C=O) groups excluding carboxylic acids is 1. The summed E-state index contributed by atoms with van der Waals surface area (Å²) in [6.45, 7) is 4.30. The molecule has 3 aromatic rings. The van der Waals surface area contributed by atoms with E-state index in [9.17, 15) is 4.79 Å². The monoisotopic (exact) mass is 321 g/mol. The molecule has 1 N–H and O–H groups in total. The second kappa shape index (κ2) is 7.08. The Morgan fingerprint density at radius 2 is 1.96 bits per heavy atom. The van der Waals surface area contributed by atoms with Gasteiger partial charge in [0.25, 0.3) is 5.91 Å². The van der Waals surface area contributed by atoms with Gasteiger partial charge in [-0.15, -0.1) is 0 Å². The topological polar surface area (TPSA) is 68.0 Å². The Hall–Kier alpha value is -2.95. The largest absolute Gasteiger partial charge is 0.351 e. The number of aryl methyl sites for hydroxylation is 1. The van der Waals surface area contributed by atoms with Crippen molar-refractivity contribution in [3.8, 4) is 0 Å². The van der Waals surface area contributed by atoms with E-state index in [2.05, 4.69) is 15.5 Å². The van der Waals surface area contributed by atoms with E-state index in [1.54, 1.807) is 6.07 Å². The molecule has 0 aliphatic carbocycles. The Balaban J connectivity index is 1.65. The van der Waals surface area contributed by atoms with E-state index >= 15 is 0 Å². The zero-order valence-corrected chi connectivity index (χ0v) is 13.7. The fraction of sp³-hybridized carbons (Fsp3) is 0.211. The first-order valence-electron chi connectivity index (χ1n) is 7.86. The van der Waals surface area contributed by atoms with E-state index in [4.69, 9.17) is 4.52 Å². The minimum atomic E-state index is -0.294. The third kappa shape index (κ3) is 3.68. The smallest absolute Gasteiger partial charge is 0.290 e. The molecule has 0 saturated carbocycles. The normalized spacial score (nSPS) is 11.9. The SMILES string of the molecule is Cc1cccc(CNC(=O)c2cc(C(C)c3ccccc3)no2)n1. The Bertz CT molecular complexity index is 827. The van der Waals surface area contributed by atoms with Crippen LogP contribution in [0.15, 0.2) is 59.1 Å². The van der Waals surface area contributed by atoms with Crippen molar-refractivity contribution in [2.24, 2.45) is 0 Å². The zero-order valence-electron chi connectivity index (χ0n) is 13.7. The first-order valence-corrected chi connectivity index (χ1v) is 7.86. The molecule has 2 heterocycles. The molecule has 5 nitrogen and oxygen atoms in total. The van der Waals surface area contributed by atoms with Crippen LogP contribution < -0.4 is 5.32 Å². The number of nitrogens with one attached hydrogen (secondary N) is 1. The third-order valence-corrected chi connectivity index (χ3v) is 3.87. The maximum Gasteiger partial charge on any atom is 0.290 e. The van der Waals surface area contributed by atoms with E-state index in [1.165, 1.54) is 0 Å². The van der Waals surface area contributed by atoms with Gasteiger partial charge in [-0.1, -0.05) is 48.5 Å². The number of nitrogens with zero attached hydrogens (tertiary/aromatic N) is 2. The highest BCUT2D eigenvalue weighted by Gasteiger charge is 2.17. The summed E-state index contributed by atoms with van der Waals surface area (Å²) in [5.74, 6) is -0.0207. The lowest BCUT2D eigenvalue weighted by Gasteiger charge is -2.06. The molecule has 0 fully saturated rings. The molecule has 3 rings (SSSR count). The van der Waals surface area contributed by atoms with Gasteiger partial charge in [-0.2, -0.15) is 0 Å². The van der Waals surface area contributed by atoms with Crippen LogP contribution in [0.3, 0.4) is 0 Å². The molecule has 2 aromatic heterocycles. The lowest BCUT2D eigenvalue weighted by atomic mass is 9.98. The van der Waals surface area contributed by atoms with Crippen molar-refractivity contribution in [3.05, 3.63) is 83.0 Å². The fourth-order valence-corrected chi connectivity index (χ4v) is 2.47. The van der Waals surface area contributed by atoms with Crippen LogP contribution in [0, 0.1) is 6.92 Å². The fourth-order valence-electron chi connectivity index (χ4n) is 2.47. The summed E-state index contributed by atoms with van der Waals surface area (Å²) in [6, 6.07) is 17.4. The number of pyridine rings is 1. The van der Waals surface area contributed by atoms with Gasteiger partial charge >= 0.3 is 0 Å². The van der Waals surface area contributed by atoms with Crippen molar-refractivity contribution in [1.29, 1.82) is 0 Å². The van der Waals surface area contributed by atoms with Crippen molar-refractivity contribution >= 4 is 5.91 Å². The maximum absolute atomic E-state index is 12.2. The Kier molecular flexibility index (Phi) is 4.70.